The van der Waals surface area contributed by atoms with Crippen molar-refractivity contribution in [2.45, 2.75) is 6.23 Å². The van der Waals surface area contributed by atoms with Crippen LogP contribution in [0.1, 0.15) is 11.8 Å². The monoisotopic (exact) mass is 384 g/mol. The number of rotatable bonds is 1. The maximum absolute atomic E-state index is 10.6. The van der Waals surface area contributed by atoms with Crippen LogP contribution >= 0.6 is 22.6 Å². The Kier molecular flexibility index (Phi) is 3.62. The van der Waals surface area contributed by atoms with Gasteiger partial charge in [0.1, 0.15) is 24.3 Å². The number of ether oxygens (including phenoxy) is 1. The molecule has 1 aromatic carbocycles. The number of fused-ring (bicyclic) bond motifs is 1. The number of aliphatic hydroxyl groups excluding tert-OH is 1. The molecule has 20 heavy (non-hydrogen) atoms. The highest BCUT2D eigenvalue weighted by atomic mass is 127. The number of anilines is 2. The zero-order valence-electron chi connectivity index (χ0n) is 10.5. The number of halogens is 1. The van der Waals surface area contributed by atoms with Crippen molar-refractivity contribution in [1.29, 1.82) is 0 Å². The summed E-state index contributed by atoms with van der Waals surface area (Å²) in [4.78, 5) is 9.78. The lowest BCUT2D eigenvalue weighted by Crippen LogP contribution is -2.30. The lowest BCUT2D eigenvalue weighted by atomic mass is 10.2. The molecule has 104 valence electrons. The molecule has 3 N–H and O–H groups in total. The largest absolute Gasteiger partial charge is 0.475 e. The van der Waals surface area contributed by atoms with Gasteiger partial charge in [0.05, 0.1) is 6.54 Å². The van der Waals surface area contributed by atoms with Crippen LogP contribution in [0.4, 0.5) is 11.5 Å². The molecule has 1 aromatic heterocycles. The molecule has 0 saturated heterocycles. The Balaban J connectivity index is 2.02. The van der Waals surface area contributed by atoms with Crippen molar-refractivity contribution >= 4 is 34.1 Å². The first-order chi connectivity index (χ1) is 9.66. The fourth-order valence-corrected chi connectivity index (χ4v) is 2.53. The van der Waals surface area contributed by atoms with E-state index in [2.05, 4.69) is 32.6 Å². The smallest absolute Gasteiger partial charge is 0.226 e. The van der Waals surface area contributed by atoms with E-state index in [0.29, 0.717) is 24.6 Å². The quantitative estimate of drug-likeness (QED) is 0.726. The molecule has 0 aliphatic carbocycles. The van der Waals surface area contributed by atoms with Crippen LogP contribution in [-0.4, -0.2) is 28.2 Å². The summed E-state index contributed by atoms with van der Waals surface area (Å²) in [6.07, 6.45) is 0.412. The number of aliphatic hydroxyl groups is 1. The van der Waals surface area contributed by atoms with Gasteiger partial charge in [-0.3, -0.25) is 0 Å². The van der Waals surface area contributed by atoms with Crippen molar-refractivity contribution in [3.05, 3.63) is 39.7 Å². The summed E-state index contributed by atoms with van der Waals surface area (Å²) in [5, 5.41) is 10.6. The van der Waals surface area contributed by atoms with Gasteiger partial charge in [0.15, 0.2) is 6.23 Å². The Morgan fingerprint density at radius 3 is 2.80 bits per heavy atom. The van der Waals surface area contributed by atoms with Crippen LogP contribution in [0.25, 0.3) is 0 Å². The van der Waals surface area contributed by atoms with Gasteiger partial charge in [-0.2, -0.15) is 0 Å². The predicted octanol–water partition coefficient (Wildman–Crippen LogP) is 1.55. The summed E-state index contributed by atoms with van der Waals surface area (Å²) in [7, 11) is 0. The summed E-state index contributed by atoms with van der Waals surface area (Å²) in [5.74, 6) is 0.581. The first-order valence-corrected chi connectivity index (χ1v) is 7.18. The topological polar surface area (TPSA) is 84.5 Å². The van der Waals surface area contributed by atoms with Crippen LogP contribution in [0, 0.1) is 3.57 Å². The molecule has 0 saturated carbocycles. The van der Waals surface area contributed by atoms with Gasteiger partial charge in [0, 0.05) is 9.26 Å². The number of nitrogen functional groups attached to an aromatic ring is 1. The van der Waals surface area contributed by atoms with E-state index < -0.39 is 6.23 Å². The van der Waals surface area contributed by atoms with E-state index in [1.807, 2.05) is 29.2 Å². The van der Waals surface area contributed by atoms with Gasteiger partial charge >= 0.3 is 0 Å². The third-order valence-corrected chi connectivity index (χ3v) is 3.88. The molecule has 7 heteroatoms. The van der Waals surface area contributed by atoms with Crippen LogP contribution in [0.2, 0.25) is 0 Å². The SMILES string of the molecule is Nc1ncnc2c1C(O)N(c1ccc(I)cc1)CCO2. The first kappa shape index (κ1) is 13.4. The van der Waals surface area contributed by atoms with Crippen molar-refractivity contribution in [2.75, 3.05) is 23.8 Å². The summed E-state index contributed by atoms with van der Waals surface area (Å²) in [6.45, 7) is 0.962. The number of aromatic nitrogens is 2. The van der Waals surface area contributed by atoms with Crippen molar-refractivity contribution in [3.63, 3.8) is 0 Å². The predicted molar refractivity (Wildman–Crippen MR) is 83.4 cm³/mol. The lowest BCUT2D eigenvalue weighted by molar-refractivity contribution is 0.174. The molecule has 0 radical (unpaired) electrons. The van der Waals surface area contributed by atoms with E-state index in [9.17, 15) is 5.11 Å². The minimum Gasteiger partial charge on any atom is -0.475 e. The summed E-state index contributed by atoms with van der Waals surface area (Å²) < 4.78 is 6.68. The Labute approximate surface area is 129 Å². The third kappa shape index (κ3) is 2.38. The van der Waals surface area contributed by atoms with Gasteiger partial charge in [-0.1, -0.05) is 0 Å². The Hall–Kier alpha value is -1.61. The maximum Gasteiger partial charge on any atom is 0.226 e. The van der Waals surface area contributed by atoms with Gasteiger partial charge in [0.25, 0.3) is 0 Å². The Morgan fingerprint density at radius 1 is 1.30 bits per heavy atom. The summed E-state index contributed by atoms with van der Waals surface area (Å²) >= 11 is 2.24. The second-order valence-corrected chi connectivity index (χ2v) is 5.62. The van der Waals surface area contributed by atoms with Crippen LogP contribution in [-0.2, 0) is 0 Å². The molecule has 2 aromatic rings. The molecular formula is C13H13IN4O2. The Morgan fingerprint density at radius 2 is 2.05 bits per heavy atom. The molecule has 6 nitrogen and oxygen atoms in total. The molecule has 1 aliphatic heterocycles. The number of nitrogens with zero attached hydrogens (tertiary/aromatic N) is 3. The molecule has 0 amide bonds. The highest BCUT2D eigenvalue weighted by Gasteiger charge is 2.28. The van der Waals surface area contributed by atoms with Gasteiger partial charge in [0.2, 0.25) is 5.88 Å². The Bertz CT molecular complexity index is 620. The second-order valence-electron chi connectivity index (χ2n) is 4.37. The lowest BCUT2D eigenvalue weighted by Gasteiger charge is -2.27. The van der Waals surface area contributed by atoms with Crippen LogP contribution in [0.15, 0.2) is 30.6 Å². The fourth-order valence-electron chi connectivity index (χ4n) is 2.17. The zero-order valence-corrected chi connectivity index (χ0v) is 12.7. The van der Waals surface area contributed by atoms with Crippen molar-refractivity contribution < 1.29 is 9.84 Å². The van der Waals surface area contributed by atoms with Crippen molar-refractivity contribution in [1.82, 2.24) is 9.97 Å². The van der Waals surface area contributed by atoms with Gasteiger partial charge in [-0.05, 0) is 46.9 Å². The average Bonchev–Trinajstić information content (AvgIpc) is 2.60. The number of benzene rings is 1. The second kappa shape index (κ2) is 5.41. The fraction of sp³-hybridized carbons (Fsp3) is 0.231. The minimum absolute atomic E-state index is 0.236. The van der Waals surface area contributed by atoms with Crippen LogP contribution < -0.4 is 15.4 Å². The van der Waals surface area contributed by atoms with Crippen molar-refractivity contribution in [3.8, 4) is 5.88 Å². The molecule has 0 spiro atoms. The van der Waals surface area contributed by atoms with Crippen molar-refractivity contribution in [2.24, 2.45) is 0 Å². The number of hydrogen-bond acceptors (Lipinski definition) is 6. The molecule has 2 heterocycles. The zero-order chi connectivity index (χ0) is 14.1. The summed E-state index contributed by atoms with van der Waals surface area (Å²) in [6, 6.07) is 7.88. The third-order valence-electron chi connectivity index (χ3n) is 3.16. The molecule has 1 atom stereocenters. The van der Waals surface area contributed by atoms with E-state index in [-0.39, 0.29) is 5.82 Å². The maximum atomic E-state index is 10.6. The van der Waals surface area contributed by atoms with E-state index >= 15 is 0 Å². The minimum atomic E-state index is -0.922. The molecule has 3 rings (SSSR count). The average molecular weight is 384 g/mol. The van der Waals surface area contributed by atoms with Gasteiger partial charge < -0.3 is 20.5 Å². The van der Waals surface area contributed by atoms with E-state index in [4.69, 9.17) is 10.5 Å². The highest BCUT2D eigenvalue weighted by molar-refractivity contribution is 14.1. The highest BCUT2D eigenvalue weighted by Crippen LogP contribution is 2.34. The van der Waals surface area contributed by atoms with Gasteiger partial charge in [-0.25, -0.2) is 9.97 Å². The normalized spacial score (nSPS) is 18.1. The molecule has 1 aliphatic rings. The first-order valence-electron chi connectivity index (χ1n) is 6.10. The summed E-state index contributed by atoms with van der Waals surface area (Å²) in [5.41, 5.74) is 7.17. The molecular weight excluding hydrogens is 371 g/mol. The van der Waals surface area contributed by atoms with E-state index in [1.54, 1.807) is 0 Å². The number of nitrogens with two attached hydrogens (primary N) is 1. The van der Waals surface area contributed by atoms with E-state index in [0.717, 1.165) is 9.26 Å². The number of hydrogen-bond donors (Lipinski definition) is 2. The van der Waals surface area contributed by atoms with Gasteiger partial charge in [-0.15, -0.1) is 0 Å². The molecule has 0 bridgehead atoms. The van der Waals surface area contributed by atoms with E-state index in [1.165, 1.54) is 6.33 Å². The molecule has 0 fully saturated rings. The molecule has 1 unspecified atom stereocenters. The van der Waals surface area contributed by atoms with Crippen LogP contribution in [0.5, 0.6) is 5.88 Å². The standard InChI is InChI=1S/C13H13IN4O2/c14-8-1-3-9(4-2-8)18-5-6-20-12-10(13(18)19)11(15)16-7-17-12/h1-4,7,13,19H,5-6H2,(H2,15,16,17). The van der Waals surface area contributed by atoms with Crippen LogP contribution in [0.3, 0.4) is 0 Å².